The molecule has 30 heavy (non-hydrogen) atoms. The molecule has 0 unspecified atom stereocenters. The molecule has 2 bridgehead atoms. The van der Waals surface area contributed by atoms with Gasteiger partial charge in [-0.3, -0.25) is 19.3 Å². The smallest absolute Gasteiger partial charge is 0.311 e. The first-order valence-corrected chi connectivity index (χ1v) is 10.5. The lowest BCUT2D eigenvalue weighted by atomic mass is 9.55. The van der Waals surface area contributed by atoms with Crippen molar-refractivity contribution in [3.8, 4) is 0 Å². The Morgan fingerprint density at radius 2 is 1.23 bits per heavy atom. The summed E-state index contributed by atoms with van der Waals surface area (Å²) in [5.74, 6) is -1.60. The van der Waals surface area contributed by atoms with Gasteiger partial charge in [0.1, 0.15) is 6.61 Å². The summed E-state index contributed by atoms with van der Waals surface area (Å²) in [7, 11) is 0. The molecule has 154 valence electrons. The fourth-order valence-electron chi connectivity index (χ4n) is 5.41. The lowest BCUT2D eigenvalue weighted by Gasteiger charge is -2.45. The van der Waals surface area contributed by atoms with Gasteiger partial charge in [-0.15, -0.1) is 0 Å². The molecule has 5 nitrogen and oxygen atoms in total. The maximum absolute atomic E-state index is 13.4. The lowest BCUT2D eigenvalue weighted by Crippen LogP contribution is -2.41. The number of hydrogen-bond acceptors (Lipinski definition) is 4. The number of nitrogens with zero attached hydrogens (tertiary/aromatic N) is 1. The molecule has 0 spiro atoms. The Kier molecular flexibility index (Phi) is 4.14. The van der Waals surface area contributed by atoms with E-state index < -0.39 is 5.41 Å². The van der Waals surface area contributed by atoms with Crippen LogP contribution in [0.25, 0.3) is 0 Å². The Morgan fingerprint density at radius 3 is 1.60 bits per heavy atom. The standard InChI is InChI=1S/C25H25NO4/c1-25(2,3)24(29)30-13-12-26-22(27)20-18-14-8-4-5-9-15(14)19(21(20)23(26)28)17-11-7-6-10-16(17)18/h4-11,18-21H,12-13H2,1-3H3/t18?,19?,20-,21+. The number of imide groups is 1. The molecule has 5 heteroatoms. The molecule has 3 aliphatic carbocycles. The number of benzene rings is 2. The van der Waals surface area contributed by atoms with Crippen LogP contribution >= 0.6 is 0 Å². The summed E-state index contributed by atoms with van der Waals surface area (Å²) < 4.78 is 5.33. The molecule has 1 saturated heterocycles. The Balaban J connectivity index is 1.48. The van der Waals surface area contributed by atoms with Gasteiger partial charge >= 0.3 is 5.97 Å². The summed E-state index contributed by atoms with van der Waals surface area (Å²) in [4.78, 5) is 40.2. The van der Waals surface area contributed by atoms with Gasteiger partial charge < -0.3 is 4.74 Å². The zero-order chi connectivity index (χ0) is 21.2. The molecule has 1 fully saturated rings. The van der Waals surface area contributed by atoms with Crippen LogP contribution in [-0.4, -0.2) is 35.8 Å². The third kappa shape index (κ3) is 2.57. The number of amides is 2. The van der Waals surface area contributed by atoms with E-state index in [0.29, 0.717) is 0 Å². The van der Waals surface area contributed by atoms with E-state index in [1.807, 2.05) is 24.3 Å². The van der Waals surface area contributed by atoms with E-state index in [9.17, 15) is 14.4 Å². The van der Waals surface area contributed by atoms with Crippen molar-refractivity contribution in [3.63, 3.8) is 0 Å². The summed E-state index contributed by atoms with van der Waals surface area (Å²) in [5.41, 5.74) is 4.01. The van der Waals surface area contributed by atoms with Gasteiger partial charge in [-0.05, 0) is 43.0 Å². The minimum absolute atomic E-state index is 0.0300. The van der Waals surface area contributed by atoms with Crippen molar-refractivity contribution in [2.75, 3.05) is 13.2 Å². The fourth-order valence-corrected chi connectivity index (χ4v) is 5.41. The molecule has 2 atom stereocenters. The highest BCUT2D eigenvalue weighted by Gasteiger charge is 2.61. The van der Waals surface area contributed by atoms with E-state index in [4.69, 9.17) is 4.74 Å². The van der Waals surface area contributed by atoms with Crippen LogP contribution in [0.1, 0.15) is 54.9 Å². The van der Waals surface area contributed by atoms with Crippen LogP contribution in [0.15, 0.2) is 48.5 Å². The minimum Gasteiger partial charge on any atom is -0.463 e. The highest BCUT2D eigenvalue weighted by Crippen LogP contribution is 2.60. The number of ether oxygens (including phenoxy) is 1. The van der Waals surface area contributed by atoms with Gasteiger partial charge in [-0.25, -0.2) is 0 Å². The number of carbonyl (C=O) groups is 3. The van der Waals surface area contributed by atoms with Crippen LogP contribution in [0.3, 0.4) is 0 Å². The van der Waals surface area contributed by atoms with Gasteiger partial charge in [0, 0.05) is 11.8 Å². The second-order valence-corrected chi connectivity index (χ2v) is 9.48. The molecule has 4 aliphatic rings. The van der Waals surface area contributed by atoms with Crippen LogP contribution in [0, 0.1) is 17.3 Å². The van der Waals surface area contributed by atoms with Crippen molar-refractivity contribution in [3.05, 3.63) is 70.8 Å². The van der Waals surface area contributed by atoms with E-state index in [-0.39, 0.29) is 54.6 Å². The van der Waals surface area contributed by atoms with Gasteiger partial charge in [0.25, 0.3) is 0 Å². The zero-order valence-corrected chi connectivity index (χ0v) is 17.4. The first-order valence-electron chi connectivity index (χ1n) is 10.5. The Morgan fingerprint density at radius 1 is 0.833 bits per heavy atom. The van der Waals surface area contributed by atoms with E-state index in [0.717, 1.165) is 22.3 Å². The van der Waals surface area contributed by atoms with Crippen molar-refractivity contribution < 1.29 is 19.1 Å². The lowest BCUT2D eigenvalue weighted by molar-refractivity contribution is -0.155. The molecular formula is C25H25NO4. The van der Waals surface area contributed by atoms with Crippen LogP contribution in [-0.2, 0) is 19.1 Å². The molecule has 0 saturated carbocycles. The molecule has 2 aromatic rings. The third-order valence-corrected chi connectivity index (χ3v) is 6.70. The minimum atomic E-state index is -0.616. The first kappa shape index (κ1) is 19.0. The van der Waals surface area contributed by atoms with E-state index in [2.05, 4.69) is 24.3 Å². The highest BCUT2D eigenvalue weighted by atomic mass is 16.5. The Bertz CT molecular complexity index is 951. The predicted octanol–water partition coefficient (Wildman–Crippen LogP) is 3.47. The van der Waals surface area contributed by atoms with Crippen LogP contribution < -0.4 is 0 Å². The van der Waals surface area contributed by atoms with Crippen molar-refractivity contribution in [1.29, 1.82) is 0 Å². The molecule has 2 aromatic carbocycles. The van der Waals surface area contributed by atoms with E-state index in [1.165, 1.54) is 4.90 Å². The summed E-state index contributed by atoms with van der Waals surface area (Å²) in [6.07, 6.45) is 0. The van der Waals surface area contributed by atoms with Gasteiger partial charge in [0.2, 0.25) is 11.8 Å². The summed E-state index contributed by atoms with van der Waals surface area (Å²) in [6.45, 7) is 5.48. The quantitative estimate of drug-likeness (QED) is 0.582. The molecule has 1 aliphatic heterocycles. The largest absolute Gasteiger partial charge is 0.463 e. The van der Waals surface area contributed by atoms with Crippen molar-refractivity contribution >= 4 is 17.8 Å². The van der Waals surface area contributed by atoms with Gasteiger partial charge in [0.15, 0.2) is 0 Å². The average molecular weight is 403 g/mol. The second-order valence-electron chi connectivity index (χ2n) is 9.48. The van der Waals surface area contributed by atoms with E-state index >= 15 is 0 Å². The van der Waals surface area contributed by atoms with Gasteiger partial charge in [-0.1, -0.05) is 48.5 Å². The molecule has 1 heterocycles. The number of esters is 1. The highest BCUT2D eigenvalue weighted by molar-refractivity contribution is 6.07. The molecular weight excluding hydrogens is 378 g/mol. The molecule has 2 amide bonds. The van der Waals surface area contributed by atoms with Crippen LogP contribution in [0.4, 0.5) is 0 Å². The maximum atomic E-state index is 13.4. The fraction of sp³-hybridized carbons (Fsp3) is 0.400. The molecule has 0 aromatic heterocycles. The van der Waals surface area contributed by atoms with Crippen LogP contribution in [0.5, 0.6) is 0 Å². The van der Waals surface area contributed by atoms with Crippen molar-refractivity contribution in [1.82, 2.24) is 4.90 Å². The first-order chi connectivity index (χ1) is 14.3. The number of carbonyl (C=O) groups excluding carboxylic acids is 3. The monoisotopic (exact) mass is 403 g/mol. The number of hydrogen-bond donors (Lipinski definition) is 0. The average Bonchev–Trinajstić information content (AvgIpc) is 2.98. The maximum Gasteiger partial charge on any atom is 0.311 e. The van der Waals surface area contributed by atoms with E-state index in [1.54, 1.807) is 20.8 Å². The SMILES string of the molecule is CC(C)(C)C(=O)OCCN1C(=O)[C@@H]2C3c4ccccc4C(c4ccccc43)[C@@H]2C1=O. The predicted molar refractivity (Wildman–Crippen MR) is 111 cm³/mol. The number of rotatable bonds is 3. The number of likely N-dealkylation sites (tertiary alicyclic amines) is 1. The molecule has 0 radical (unpaired) electrons. The van der Waals surface area contributed by atoms with Crippen LogP contribution in [0.2, 0.25) is 0 Å². The molecule has 0 N–H and O–H groups in total. The topological polar surface area (TPSA) is 63.7 Å². The zero-order valence-electron chi connectivity index (χ0n) is 17.4. The van der Waals surface area contributed by atoms with Crippen molar-refractivity contribution in [2.24, 2.45) is 17.3 Å². The Labute approximate surface area is 176 Å². The Hall–Kier alpha value is -2.95. The van der Waals surface area contributed by atoms with Crippen molar-refractivity contribution in [2.45, 2.75) is 32.6 Å². The normalized spacial score (nSPS) is 26.3. The summed E-state index contributed by atoms with van der Waals surface area (Å²) >= 11 is 0. The summed E-state index contributed by atoms with van der Waals surface area (Å²) in [6, 6.07) is 16.4. The third-order valence-electron chi connectivity index (χ3n) is 6.70. The second kappa shape index (κ2) is 6.53. The van der Waals surface area contributed by atoms with Gasteiger partial charge in [-0.2, -0.15) is 0 Å². The summed E-state index contributed by atoms with van der Waals surface area (Å²) in [5, 5.41) is 0. The molecule has 6 rings (SSSR count). The van der Waals surface area contributed by atoms with Gasteiger partial charge in [0.05, 0.1) is 23.8 Å².